The Morgan fingerprint density at radius 3 is 2.65 bits per heavy atom. The van der Waals surface area contributed by atoms with E-state index < -0.39 is 0 Å². The number of carbonyl (C=O) groups excluding carboxylic acids is 1. The molecule has 23 heavy (non-hydrogen) atoms. The summed E-state index contributed by atoms with van der Waals surface area (Å²) in [4.78, 5) is 17.9. The smallest absolute Gasteiger partial charge is 0.245 e. The molecule has 0 N–H and O–H groups in total. The van der Waals surface area contributed by atoms with Crippen molar-refractivity contribution in [1.29, 1.82) is 0 Å². The highest BCUT2D eigenvalue weighted by atomic mass is 16.5. The number of nitrogens with zero attached hydrogens (tertiary/aromatic N) is 5. The van der Waals surface area contributed by atoms with Crippen molar-refractivity contribution in [2.24, 2.45) is 5.41 Å². The third-order valence-corrected chi connectivity index (χ3v) is 4.92. The lowest BCUT2D eigenvalue weighted by Gasteiger charge is -2.60. The van der Waals surface area contributed by atoms with Crippen molar-refractivity contribution < 1.29 is 9.53 Å². The fourth-order valence-electron chi connectivity index (χ4n) is 3.66. The van der Waals surface area contributed by atoms with Crippen LogP contribution in [0, 0.1) is 5.41 Å². The molecule has 3 fully saturated rings. The van der Waals surface area contributed by atoms with Crippen molar-refractivity contribution in [2.75, 3.05) is 62.3 Å². The van der Waals surface area contributed by atoms with Gasteiger partial charge in [0, 0.05) is 50.7 Å². The molecule has 0 aromatic carbocycles. The molecule has 3 saturated heterocycles. The molecule has 0 saturated carbocycles. The lowest BCUT2D eigenvalue weighted by molar-refractivity contribution is -0.139. The van der Waals surface area contributed by atoms with Gasteiger partial charge in [-0.3, -0.25) is 4.79 Å². The fraction of sp³-hybridized carbons (Fsp3) is 0.562. The molecule has 3 aliphatic rings. The van der Waals surface area contributed by atoms with Gasteiger partial charge in [0.15, 0.2) is 5.82 Å². The normalized spacial score (nSPS) is 22.5. The van der Waals surface area contributed by atoms with Crippen LogP contribution in [0.25, 0.3) is 0 Å². The van der Waals surface area contributed by atoms with Crippen molar-refractivity contribution in [2.45, 2.75) is 0 Å². The quantitative estimate of drug-likeness (QED) is 0.740. The first-order chi connectivity index (χ1) is 11.2. The topological polar surface area (TPSA) is 61.8 Å². The first-order valence-electron chi connectivity index (χ1n) is 8.01. The van der Waals surface area contributed by atoms with E-state index in [0.717, 1.165) is 64.0 Å². The van der Waals surface area contributed by atoms with Crippen LogP contribution in [0.5, 0.6) is 0 Å². The van der Waals surface area contributed by atoms with Gasteiger partial charge in [-0.1, -0.05) is 6.58 Å². The van der Waals surface area contributed by atoms with Gasteiger partial charge in [-0.05, 0) is 6.08 Å². The van der Waals surface area contributed by atoms with E-state index in [-0.39, 0.29) is 11.3 Å². The molecule has 1 spiro atoms. The van der Waals surface area contributed by atoms with Gasteiger partial charge in [0.05, 0.1) is 25.1 Å². The van der Waals surface area contributed by atoms with Gasteiger partial charge in [-0.25, -0.2) is 0 Å². The number of rotatable bonds is 3. The molecule has 1 aromatic heterocycles. The van der Waals surface area contributed by atoms with E-state index in [4.69, 9.17) is 4.74 Å². The first kappa shape index (κ1) is 14.4. The van der Waals surface area contributed by atoms with Gasteiger partial charge in [0.2, 0.25) is 5.91 Å². The van der Waals surface area contributed by atoms with Crippen LogP contribution in [0.2, 0.25) is 0 Å². The summed E-state index contributed by atoms with van der Waals surface area (Å²) in [5, 5.41) is 8.41. The number of anilines is 2. The molecule has 0 bridgehead atoms. The maximum absolute atomic E-state index is 11.6. The largest absolute Gasteiger partial charge is 0.378 e. The van der Waals surface area contributed by atoms with Crippen molar-refractivity contribution in [3.8, 4) is 0 Å². The molecule has 0 aliphatic carbocycles. The zero-order valence-corrected chi connectivity index (χ0v) is 13.1. The van der Waals surface area contributed by atoms with Gasteiger partial charge >= 0.3 is 0 Å². The maximum Gasteiger partial charge on any atom is 0.245 e. The summed E-state index contributed by atoms with van der Waals surface area (Å²) in [5.74, 6) is 0.957. The Bertz CT molecular complexity index is 615. The number of ether oxygens (including phenoxy) is 1. The number of carbonyl (C=O) groups is 1. The van der Waals surface area contributed by atoms with E-state index in [1.165, 1.54) is 6.08 Å². The number of hydrogen-bond acceptors (Lipinski definition) is 6. The summed E-state index contributed by atoms with van der Waals surface area (Å²) in [6.45, 7) is 10.4. The minimum atomic E-state index is 0.0363. The van der Waals surface area contributed by atoms with Crippen LogP contribution in [-0.4, -0.2) is 73.5 Å². The molecule has 122 valence electrons. The molecule has 7 heteroatoms. The average Bonchev–Trinajstić information content (AvgIpc) is 2.53. The molecule has 4 heterocycles. The lowest BCUT2D eigenvalue weighted by Crippen LogP contribution is -2.73. The number of morpholine rings is 1. The standard InChI is InChI=1S/C16H21N5O2/c1-2-15(22)21-11-16(12-21)9-20(10-16)13-7-14(18-17-8-13)19-3-5-23-6-4-19/h2,7-8H,1,3-6,9-12H2. The number of hydrogen-bond donors (Lipinski definition) is 0. The Hall–Kier alpha value is -2.15. The van der Waals surface area contributed by atoms with Crippen LogP contribution in [0.4, 0.5) is 11.5 Å². The molecule has 0 radical (unpaired) electrons. The molecule has 7 nitrogen and oxygen atoms in total. The second kappa shape index (κ2) is 5.49. The Kier molecular flexibility index (Phi) is 3.45. The lowest BCUT2D eigenvalue weighted by atomic mass is 9.72. The highest BCUT2D eigenvalue weighted by Gasteiger charge is 2.52. The van der Waals surface area contributed by atoms with E-state index in [9.17, 15) is 4.79 Å². The Labute approximate surface area is 135 Å². The number of likely N-dealkylation sites (tertiary alicyclic amines) is 1. The molecule has 1 amide bonds. The van der Waals surface area contributed by atoms with Gasteiger partial charge in [-0.15, -0.1) is 5.10 Å². The zero-order valence-electron chi connectivity index (χ0n) is 13.1. The van der Waals surface area contributed by atoms with Crippen molar-refractivity contribution in [3.63, 3.8) is 0 Å². The second-order valence-corrected chi connectivity index (χ2v) is 6.63. The van der Waals surface area contributed by atoms with Crippen LogP contribution >= 0.6 is 0 Å². The van der Waals surface area contributed by atoms with E-state index in [0.29, 0.717) is 0 Å². The first-order valence-corrected chi connectivity index (χ1v) is 8.01. The second-order valence-electron chi connectivity index (χ2n) is 6.63. The van der Waals surface area contributed by atoms with E-state index in [1.807, 2.05) is 11.1 Å². The Morgan fingerprint density at radius 2 is 1.96 bits per heavy atom. The summed E-state index contributed by atoms with van der Waals surface area (Å²) in [6, 6.07) is 2.11. The van der Waals surface area contributed by atoms with Gasteiger partial charge in [0.25, 0.3) is 0 Å². The predicted molar refractivity (Wildman–Crippen MR) is 86.5 cm³/mol. The van der Waals surface area contributed by atoms with Crippen LogP contribution < -0.4 is 9.80 Å². The molecule has 3 aliphatic heterocycles. The predicted octanol–water partition coefficient (Wildman–Crippen LogP) is 0.148. The molecular weight excluding hydrogens is 294 g/mol. The Morgan fingerprint density at radius 1 is 1.22 bits per heavy atom. The van der Waals surface area contributed by atoms with E-state index in [1.54, 1.807) is 0 Å². The fourth-order valence-corrected chi connectivity index (χ4v) is 3.66. The van der Waals surface area contributed by atoms with E-state index >= 15 is 0 Å². The highest BCUT2D eigenvalue weighted by molar-refractivity contribution is 5.88. The Balaban J connectivity index is 1.37. The minimum absolute atomic E-state index is 0.0363. The van der Waals surface area contributed by atoms with Crippen molar-refractivity contribution in [1.82, 2.24) is 15.1 Å². The van der Waals surface area contributed by atoms with Crippen molar-refractivity contribution in [3.05, 3.63) is 24.9 Å². The molecule has 4 rings (SSSR count). The minimum Gasteiger partial charge on any atom is -0.378 e. The monoisotopic (exact) mass is 315 g/mol. The van der Waals surface area contributed by atoms with E-state index in [2.05, 4.69) is 32.6 Å². The van der Waals surface area contributed by atoms with Gasteiger partial charge < -0.3 is 19.4 Å². The highest BCUT2D eigenvalue weighted by Crippen LogP contribution is 2.42. The SMILES string of the molecule is C=CC(=O)N1CC2(C1)CN(c1cnnc(N3CCOCC3)c1)C2. The van der Waals surface area contributed by atoms with Gasteiger partial charge in [-0.2, -0.15) is 5.10 Å². The molecular formula is C16H21N5O2. The molecule has 0 unspecified atom stereocenters. The van der Waals surface area contributed by atoms with Gasteiger partial charge in [0.1, 0.15) is 0 Å². The number of amides is 1. The van der Waals surface area contributed by atoms with Crippen LogP contribution in [0.15, 0.2) is 24.9 Å². The molecule has 1 aromatic rings. The zero-order chi connectivity index (χ0) is 15.9. The third kappa shape index (κ3) is 2.55. The average molecular weight is 315 g/mol. The number of aromatic nitrogens is 2. The molecule has 0 atom stereocenters. The van der Waals surface area contributed by atoms with Crippen molar-refractivity contribution >= 4 is 17.4 Å². The third-order valence-electron chi connectivity index (χ3n) is 4.92. The van der Waals surface area contributed by atoms with Crippen LogP contribution in [0.3, 0.4) is 0 Å². The summed E-state index contributed by atoms with van der Waals surface area (Å²) >= 11 is 0. The van der Waals surface area contributed by atoms with Crippen LogP contribution in [-0.2, 0) is 9.53 Å². The maximum atomic E-state index is 11.6. The summed E-state index contributed by atoms with van der Waals surface area (Å²) < 4.78 is 5.38. The summed E-state index contributed by atoms with van der Waals surface area (Å²) in [7, 11) is 0. The summed E-state index contributed by atoms with van der Waals surface area (Å²) in [5.41, 5.74) is 1.38. The summed E-state index contributed by atoms with van der Waals surface area (Å²) in [6.07, 6.45) is 3.22. The van der Waals surface area contributed by atoms with Crippen LogP contribution in [0.1, 0.15) is 0 Å².